The van der Waals surface area contributed by atoms with Crippen molar-refractivity contribution in [3.8, 4) is 5.75 Å². The summed E-state index contributed by atoms with van der Waals surface area (Å²) >= 11 is 0. The number of rotatable bonds is 5. The van der Waals surface area contributed by atoms with Crippen molar-refractivity contribution in [1.82, 2.24) is 9.80 Å². The molecule has 1 aromatic rings. The van der Waals surface area contributed by atoms with Crippen LogP contribution in [-0.2, 0) is 9.53 Å². The fourth-order valence-corrected chi connectivity index (χ4v) is 2.96. The highest BCUT2D eigenvalue weighted by molar-refractivity contribution is 6.04. The van der Waals surface area contributed by atoms with Gasteiger partial charge in [0.2, 0.25) is 0 Å². The van der Waals surface area contributed by atoms with Crippen LogP contribution in [0, 0.1) is 13.8 Å². The zero-order chi connectivity index (χ0) is 16.4. The number of aryl methyl sites for hydroxylation is 1. The van der Waals surface area contributed by atoms with Gasteiger partial charge >= 0.3 is 6.03 Å². The Bertz CT molecular complexity index is 593. The SMILES string of the molecule is Cc1cccc(OCCCN2C(=O)C3COCCN3C2=O)c1C. The molecule has 2 saturated heterocycles. The number of benzene rings is 1. The summed E-state index contributed by atoms with van der Waals surface area (Å²) in [5.41, 5.74) is 2.30. The van der Waals surface area contributed by atoms with Crippen molar-refractivity contribution in [1.29, 1.82) is 0 Å². The summed E-state index contributed by atoms with van der Waals surface area (Å²) in [6.45, 7) is 6.22. The summed E-state index contributed by atoms with van der Waals surface area (Å²) in [5, 5.41) is 0. The van der Waals surface area contributed by atoms with Gasteiger partial charge < -0.3 is 14.4 Å². The molecule has 2 aliphatic heterocycles. The van der Waals surface area contributed by atoms with Gasteiger partial charge in [0.1, 0.15) is 11.8 Å². The second kappa shape index (κ2) is 6.58. The standard InChI is InChI=1S/C17H22N2O4/c1-12-5-3-6-15(13(12)2)23-9-4-7-19-16(20)14-11-22-10-8-18(14)17(19)21/h3,5-6,14H,4,7-11H2,1-2H3. The average Bonchev–Trinajstić information content (AvgIpc) is 2.80. The molecule has 2 fully saturated rings. The number of urea groups is 1. The van der Waals surface area contributed by atoms with E-state index >= 15 is 0 Å². The number of hydrogen-bond acceptors (Lipinski definition) is 4. The molecular weight excluding hydrogens is 296 g/mol. The predicted octanol–water partition coefficient (Wildman–Crippen LogP) is 1.74. The number of imide groups is 1. The quantitative estimate of drug-likeness (QED) is 0.613. The Morgan fingerprint density at radius 1 is 1.30 bits per heavy atom. The Morgan fingerprint density at radius 3 is 2.91 bits per heavy atom. The predicted molar refractivity (Wildman–Crippen MR) is 84.5 cm³/mol. The van der Waals surface area contributed by atoms with Crippen LogP contribution < -0.4 is 4.74 Å². The summed E-state index contributed by atoms with van der Waals surface area (Å²) in [7, 11) is 0. The molecule has 6 heteroatoms. The highest BCUT2D eigenvalue weighted by atomic mass is 16.5. The van der Waals surface area contributed by atoms with Gasteiger partial charge in [0.25, 0.3) is 5.91 Å². The van der Waals surface area contributed by atoms with Crippen molar-refractivity contribution in [3.05, 3.63) is 29.3 Å². The minimum Gasteiger partial charge on any atom is -0.493 e. The number of ether oxygens (including phenoxy) is 2. The molecule has 0 spiro atoms. The molecule has 0 aromatic heterocycles. The third kappa shape index (κ3) is 3.03. The average molecular weight is 318 g/mol. The molecule has 0 bridgehead atoms. The molecule has 6 nitrogen and oxygen atoms in total. The van der Waals surface area contributed by atoms with Crippen LogP contribution in [0.15, 0.2) is 18.2 Å². The van der Waals surface area contributed by atoms with Crippen molar-refractivity contribution < 1.29 is 19.1 Å². The molecule has 0 saturated carbocycles. The summed E-state index contributed by atoms with van der Waals surface area (Å²) in [6.07, 6.45) is 0.617. The van der Waals surface area contributed by atoms with Crippen LogP contribution >= 0.6 is 0 Å². The zero-order valence-corrected chi connectivity index (χ0v) is 13.6. The van der Waals surface area contributed by atoms with Crippen molar-refractivity contribution in [2.45, 2.75) is 26.3 Å². The molecule has 1 unspecified atom stereocenters. The molecule has 1 aromatic carbocycles. The molecule has 1 atom stereocenters. The largest absolute Gasteiger partial charge is 0.493 e. The minimum atomic E-state index is -0.434. The van der Waals surface area contributed by atoms with E-state index in [1.807, 2.05) is 32.0 Å². The van der Waals surface area contributed by atoms with Gasteiger partial charge in [-0.2, -0.15) is 0 Å². The molecule has 0 aliphatic carbocycles. The van der Waals surface area contributed by atoms with Gasteiger partial charge in [-0.05, 0) is 37.5 Å². The van der Waals surface area contributed by atoms with Gasteiger partial charge in [0.05, 0.1) is 19.8 Å². The van der Waals surface area contributed by atoms with Crippen molar-refractivity contribution in [2.75, 3.05) is 32.9 Å². The third-order valence-electron chi connectivity index (χ3n) is 4.49. The monoisotopic (exact) mass is 318 g/mol. The number of hydrogen-bond donors (Lipinski definition) is 0. The maximum Gasteiger partial charge on any atom is 0.327 e. The highest BCUT2D eigenvalue weighted by Crippen LogP contribution is 2.22. The zero-order valence-electron chi connectivity index (χ0n) is 13.6. The van der Waals surface area contributed by atoms with Crippen molar-refractivity contribution in [2.24, 2.45) is 0 Å². The number of fused-ring (bicyclic) bond motifs is 1. The van der Waals surface area contributed by atoms with Gasteiger partial charge in [0.15, 0.2) is 0 Å². The second-order valence-corrected chi connectivity index (χ2v) is 5.96. The van der Waals surface area contributed by atoms with Gasteiger partial charge in [-0.25, -0.2) is 4.79 Å². The normalized spacial score (nSPS) is 20.9. The molecule has 0 N–H and O–H groups in total. The summed E-state index contributed by atoms with van der Waals surface area (Å²) in [5.74, 6) is 0.705. The van der Waals surface area contributed by atoms with Gasteiger partial charge in [-0.1, -0.05) is 12.1 Å². The van der Waals surface area contributed by atoms with E-state index in [4.69, 9.17) is 9.47 Å². The van der Waals surface area contributed by atoms with E-state index in [0.717, 1.165) is 11.3 Å². The lowest BCUT2D eigenvalue weighted by Crippen LogP contribution is -2.45. The molecule has 2 heterocycles. The molecule has 3 amide bonds. The summed E-state index contributed by atoms with van der Waals surface area (Å²) < 4.78 is 11.1. The lowest BCUT2D eigenvalue weighted by Gasteiger charge is -2.26. The number of carbonyl (C=O) groups excluding carboxylic acids is 2. The minimum absolute atomic E-state index is 0.151. The number of carbonyl (C=O) groups is 2. The van der Waals surface area contributed by atoms with Gasteiger partial charge in [-0.3, -0.25) is 9.69 Å². The fraction of sp³-hybridized carbons (Fsp3) is 0.529. The first kappa shape index (κ1) is 15.8. The Kier molecular flexibility index (Phi) is 4.52. The Morgan fingerprint density at radius 2 is 2.13 bits per heavy atom. The molecule has 0 radical (unpaired) electrons. The van der Waals surface area contributed by atoms with E-state index in [1.54, 1.807) is 4.90 Å². The van der Waals surface area contributed by atoms with Crippen LogP contribution in [0.4, 0.5) is 4.79 Å². The fourth-order valence-electron chi connectivity index (χ4n) is 2.96. The van der Waals surface area contributed by atoms with Gasteiger partial charge in [0, 0.05) is 13.1 Å². The molecule has 124 valence electrons. The molecule has 3 rings (SSSR count). The second-order valence-electron chi connectivity index (χ2n) is 5.96. The van der Waals surface area contributed by atoms with Crippen molar-refractivity contribution in [3.63, 3.8) is 0 Å². The van der Waals surface area contributed by atoms with Crippen molar-refractivity contribution >= 4 is 11.9 Å². The lowest BCUT2D eigenvalue weighted by atomic mass is 10.1. The van der Waals surface area contributed by atoms with E-state index in [2.05, 4.69) is 0 Å². The lowest BCUT2D eigenvalue weighted by molar-refractivity contribution is -0.131. The van der Waals surface area contributed by atoms with Crippen LogP contribution in [0.5, 0.6) is 5.75 Å². The van der Waals surface area contributed by atoms with Crippen LogP contribution in [-0.4, -0.2) is 60.7 Å². The maximum atomic E-state index is 12.3. The Hall–Kier alpha value is -2.08. The van der Waals surface area contributed by atoms with E-state index in [-0.39, 0.29) is 11.9 Å². The number of nitrogens with zero attached hydrogens (tertiary/aromatic N) is 2. The summed E-state index contributed by atoms with van der Waals surface area (Å²) in [6, 6.07) is 5.31. The topological polar surface area (TPSA) is 59.1 Å². The molecule has 23 heavy (non-hydrogen) atoms. The Labute approximate surface area is 136 Å². The molecule has 2 aliphatic rings. The third-order valence-corrected chi connectivity index (χ3v) is 4.49. The first-order valence-electron chi connectivity index (χ1n) is 7.98. The van der Waals surface area contributed by atoms with E-state index < -0.39 is 6.04 Å². The first-order chi connectivity index (χ1) is 11.1. The van der Waals surface area contributed by atoms with Gasteiger partial charge in [-0.15, -0.1) is 0 Å². The summed E-state index contributed by atoms with van der Waals surface area (Å²) in [4.78, 5) is 27.4. The molecular formula is C17H22N2O4. The van der Waals surface area contributed by atoms with Crippen LogP contribution in [0.3, 0.4) is 0 Å². The van der Waals surface area contributed by atoms with Crippen LogP contribution in [0.1, 0.15) is 17.5 Å². The van der Waals surface area contributed by atoms with Crippen LogP contribution in [0.2, 0.25) is 0 Å². The first-order valence-corrected chi connectivity index (χ1v) is 7.98. The van der Waals surface area contributed by atoms with E-state index in [0.29, 0.717) is 39.3 Å². The van der Waals surface area contributed by atoms with E-state index in [1.165, 1.54) is 10.5 Å². The number of amides is 3. The van der Waals surface area contributed by atoms with E-state index in [9.17, 15) is 9.59 Å². The Balaban J connectivity index is 1.52. The van der Waals surface area contributed by atoms with Crippen LogP contribution in [0.25, 0.3) is 0 Å². The maximum absolute atomic E-state index is 12.3. The number of morpholine rings is 1. The smallest absolute Gasteiger partial charge is 0.327 e. The highest BCUT2D eigenvalue weighted by Gasteiger charge is 2.46.